The first kappa shape index (κ1) is 8.92. The number of hydrogen-bond acceptors (Lipinski definition) is 3. The van der Waals surface area contributed by atoms with Crippen LogP contribution in [0.1, 0.15) is 16.0 Å². The Hall–Kier alpha value is -1.35. The molecule has 0 bridgehead atoms. The minimum absolute atomic E-state index is 1.02. The van der Waals surface area contributed by atoms with Gasteiger partial charge in [-0.25, -0.2) is 4.98 Å². The van der Waals surface area contributed by atoms with Crippen LogP contribution in [-0.4, -0.2) is 12.0 Å². The van der Waals surface area contributed by atoms with Crippen molar-refractivity contribution < 1.29 is 0 Å². The second-order valence-electron chi connectivity index (χ2n) is 3.88. The molecule has 76 valence electrons. The number of anilines is 1. The van der Waals surface area contributed by atoms with E-state index in [4.69, 9.17) is 0 Å². The zero-order valence-electron chi connectivity index (χ0n) is 8.79. The van der Waals surface area contributed by atoms with Crippen LogP contribution in [0, 0.1) is 6.92 Å². The SMILES string of the molecule is CNc1nc2c(s1)Cc1ccc(C)cc1-2. The molecule has 15 heavy (non-hydrogen) atoms. The van der Waals surface area contributed by atoms with E-state index in [2.05, 4.69) is 35.4 Å². The van der Waals surface area contributed by atoms with Crippen molar-refractivity contribution in [2.45, 2.75) is 13.3 Å². The molecule has 0 saturated heterocycles. The third-order valence-electron chi connectivity index (χ3n) is 2.78. The monoisotopic (exact) mass is 216 g/mol. The quantitative estimate of drug-likeness (QED) is 0.676. The number of aromatic nitrogens is 1. The average Bonchev–Trinajstić information content (AvgIpc) is 2.75. The van der Waals surface area contributed by atoms with Gasteiger partial charge in [0.05, 0.1) is 5.69 Å². The van der Waals surface area contributed by atoms with E-state index in [1.165, 1.54) is 27.3 Å². The molecular weight excluding hydrogens is 204 g/mol. The van der Waals surface area contributed by atoms with Crippen molar-refractivity contribution >= 4 is 16.5 Å². The molecule has 0 spiro atoms. The molecule has 0 amide bonds. The number of rotatable bonds is 1. The van der Waals surface area contributed by atoms with Gasteiger partial charge in [0.1, 0.15) is 0 Å². The molecule has 0 unspecified atom stereocenters. The number of benzene rings is 1. The van der Waals surface area contributed by atoms with Gasteiger partial charge < -0.3 is 5.32 Å². The fourth-order valence-corrected chi connectivity index (χ4v) is 2.98. The summed E-state index contributed by atoms with van der Waals surface area (Å²) in [6.45, 7) is 2.13. The molecule has 0 aliphatic heterocycles. The summed E-state index contributed by atoms with van der Waals surface area (Å²) in [4.78, 5) is 5.99. The summed E-state index contributed by atoms with van der Waals surface area (Å²) >= 11 is 1.76. The second kappa shape index (κ2) is 3.07. The molecular formula is C12H12N2S. The molecule has 1 aliphatic rings. The highest BCUT2D eigenvalue weighted by Crippen LogP contribution is 2.41. The molecule has 1 aromatic heterocycles. The molecule has 1 aliphatic carbocycles. The maximum absolute atomic E-state index is 4.60. The van der Waals surface area contributed by atoms with E-state index in [0.717, 1.165) is 11.6 Å². The Morgan fingerprint density at radius 2 is 2.27 bits per heavy atom. The van der Waals surface area contributed by atoms with Crippen LogP contribution in [0.4, 0.5) is 5.13 Å². The van der Waals surface area contributed by atoms with Gasteiger partial charge in [0.2, 0.25) is 0 Å². The molecule has 0 atom stereocenters. The lowest BCUT2D eigenvalue weighted by Crippen LogP contribution is -1.87. The highest BCUT2D eigenvalue weighted by molar-refractivity contribution is 7.16. The summed E-state index contributed by atoms with van der Waals surface area (Å²) < 4.78 is 0. The van der Waals surface area contributed by atoms with Gasteiger partial charge in [-0.15, -0.1) is 11.3 Å². The van der Waals surface area contributed by atoms with Gasteiger partial charge in [-0.05, 0) is 18.6 Å². The van der Waals surface area contributed by atoms with Crippen molar-refractivity contribution in [3.8, 4) is 11.3 Å². The van der Waals surface area contributed by atoms with Gasteiger partial charge in [-0.3, -0.25) is 0 Å². The molecule has 2 nitrogen and oxygen atoms in total. The van der Waals surface area contributed by atoms with Crippen molar-refractivity contribution in [2.24, 2.45) is 0 Å². The smallest absolute Gasteiger partial charge is 0.183 e. The normalized spacial score (nSPS) is 12.4. The zero-order valence-corrected chi connectivity index (χ0v) is 9.61. The van der Waals surface area contributed by atoms with Gasteiger partial charge >= 0.3 is 0 Å². The number of hydrogen-bond donors (Lipinski definition) is 1. The summed E-state index contributed by atoms with van der Waals surface area (Å²) in [5.41, 5.74) is 5.23. The molecule has 0 radical (unpaired) electrons. The van der Waals surface area contributed by atoms with Crippen molar-refractivity contribution in [2.75, 3.05) is 12.4 Å². The van der Waals surface area contributed by atoms with E-state index in [-0.39, 0.29) is 0 Å². The Morgan fingerprint density at radius 3 is 3.07 bits per heavy atom. The number of nitrogens with one attached hydrogen (secondary N) is 1. The van der Waals surface area contributed by atoms with Crippen molar-refractivity contribution in [1.82, 2.24) is 4.98 Å². The fraction of sp³-hybridized carbons (Fsp3) is 0.250. The summed E-state index contributed by atoms with van der Waals surface area (Å²) in [5, 5.41) is 4.13. The van der Waals surface area contributed by atoms with Crippen LogP contribution in [0.25, 0.3) is 11.3 Å². The third kappa shape index (κ3) is 1.27. The molecule has 1 aromatic carbocycles. The molecule has 1 heterocycles. The first-order valence-electron chi connectivity index (χ1n) is 5.05. The van der Waals surface area contributed by atoms with Gasteiger partial charge in [-0.2, -0.15) is 0 Å². The predicted molar refractivity (Wildman–Crippen MR) is 64.6 cm³/mol. The standard InChI is InChI=1S/C12H12N2S/c1-7-3-4-8-6-10-11(9(8)5-7)14-12(13-2)15-10/h3-5H,6H2,1-2H3,(H,13,14). The second-order valence-corrected chi connectivity index (χ2v) is 4.96. The molecule has 3 rings (SSSR count). The minimum Gasteiger partial charge on any atom is -0.365 e. The average molecular weight is 216 g/mol. The topological polar surface area (TPSA) is 24.9 Å². The minimum atomic E-state index is 1.02. The highest BCUT2D eigenvalue weighted by atomic mass is 32.1. The van der Waals surface area contributed by atoms with Crippen molar-refractivity contribution in [3.63, 3.8) is 0 Å². The molecule has 1 N–H and O–H groups in total. The first-order valence-corrected chi connectivity index (χ1v) is 5.87. The summed E-state index contributed by atoms with van der Waals surface area (Å²) in [5.74, 6) is 0. The largest absolute Gasteiger partial charge is 0.365 e. The first-order chi connectivity index (χ1) is 7.28. The number of aryl methyl sites for hydroxylation is 1. The Balaban J connectivity index is 2.19. The molecule has 0 saturated carbocycles. The molecule has 3 heteroatoms. The summed E-state index contributed by atoms with van der Waals surface area (Å²) in [6.07, 6.45) is 1.05. The summed E-state index contributed by atoms with van der Waals surface area (Å²) in [7, 11) is 1.92. The Bertz CT molecular complexity index is 528. The van der Waals surface area contributed by atoms with Crippen LogP contribution in [0.2, 0.25) is 0 Å². The van der Waals surface area contributed by atoms with E-state index in [1.54, 1.807) is 11.3 Å². The predicted octanol–water partition coefficient (Wildman–Crippen LogP) is 3.06. The van der Waals surface area contributed by atoms with Crippen LogP contribution in [-0.2, 0) is 6.42 Å². The summed E-state index contributed by atoms with van der Waals surface area (Å²) in [6, 6.07) is 6.63. The Labute approximate surface area is 93.0 Å². The van der Waals surface area contributed by atoms with E-state index in [1.807, 2.05) is 7.05 Å². The lowest BCUT2D eigenvalue weighted by atomic mass is 10.1. The van der Waals surface area contributed by atoms with Crippen LogP contribution in [0.3, 0.4) is 0 Å². The van der Waals surface area contributed by atoms with Crippen LogP contribution in [0.5, 0.6) is 0 Å². The van der Waals surface area contributed by atoms with Gasteiger partial charge in [0, 0.05) is 23.9 Å². The van der Waals surface area contributed by atoms with E-state index in [9.17, 15) is 0 Å². The Kier molecular flexibility index (Phi) is 1.83. The van der Waals surface area contributed by atoms with Gasteiger partial charge in [0.25, 0.3) is 0 Å². The van der Waals surface area contributed by atoms with Crippen LogP contribution >= 0.6 is 11.3 Å². The fourth-order valence-electron chi connectivity index (χ4n) is 2.03. The van der Waals surface area contributed by atoms with E-state index >= 15 is 0 Å². The maximum atomic E-state index is 4.60. The maximum Gasteiger partial charge on any atom is 0.183 e. The number of thiazole rings is 1. The zero-order chi connectivity index (χ0) is 10.4. The third-order valence-corrected chi connectivity index (χ3v) is 3.86. The number of nitrogens with zero attached hydrogens (tertiary/aromatic N) is 1. The van der Waals surface area contributed by atoms with Gasteiger partial charge in [0.15, 0.2) is 5.13 Å². The lowest BCUT2D eigenvalue weighted by Gasteiger charge is -2.00. The lowest BCUT2D eigenvalue weighted by molar-refractivity contribution is 1.30. The van der Waals surface area contributed by atoms with E-state index in [0.29, 0.717) is 0 Å². The van der Waals surface area contributed by atoms with Gasteiger partial charge in [-0.1, -0.05) is 17.7 Å². The van der Waals surface area contributed by atoms with Crippen molar-refractivity contribution in [3.05, 3.63) is 34.2 Å². The molecule has 2 aromatic rings. The Morgan fingerprint density at radius 1 is 1.40 bits per heavy atom. The van der Waals surface area contributed by atoms with Crippen LogP contribution in [0.15, 0.2) is 18.2 Å². The van der Waals surface area contributed by atoms with Crippen molar-refractivity contribution in [1.29, 1.82) is 0 Å². The molecule has 0 fully saturated rings. The van der Waals surface area contributed by atoms with Crippen LogP contribution < -0.4 is 5.32 Å². The highest BCUT2D eigenvalue weighted by Gasteiger charge is 2.22. The van der Waals surface area contributed by atoms with E-state index < -0.39 is 0 Å². The number of fused-ring (bicyclic) bond motifs is 3.